The van der Waals surface area contributed by atoms with Gasteiger partial charge in [-0.25, -0.2) is 9.97 Å². The largest absolute Gasteiger partial charge is 0.278 e. The van der Waals surface area contributed by atoms with Crippen molar-refractivity contribution in [3.05, 3.63) is 152 Å². The number of rotatable bonds is 2. The van der Waals surface area contributed by atoms with E-state index in [2.05, 4.69) is 156 Å². The number of aromatic nitrogens is 3. The zero-order chi connectivity index (χ0) is 29.5. The third-order valence-corrected chi connectivity index (χ3v) is 9.36. The highest BCUT2D eigenvalue weighted by molar-refractivity contribution is 6.28. The van der Waals surface area contributed by atoms with Gasteiger partial charge in [0.2, 0.25) is 5.95 Å². The maximum Gasteiger partial charge on any atom is 0.235 e. The van der Waals surface area contributed by atoms with E-state index in [9.17, 15) is 0 Å². The lowest BCUT2D eigenvalue weighted by Gasteiger charge is -2.13. The van der Waals surface area contributed by atoms with Crippen molar-refractivity contribution in [2.75, 3.05) is 0 Å². The van der Waals surface area contributed by atoms with Gasteiger partial charge >= 0.3 is 0 Å². The summed E-state index contributed by atoms with van der Waals surface area (Å²) in [7, 11) is 0. The molecule has 0 N–H and O–H groups in total. The van der Waals surface area contributed by atoms with E-state index in [1.807, 2.05) is 0 Å². The summed E-state index contributed by atoms with van der Waals surface area (Å²) in [5.74, 6) is 0.674. The van der Waals surface area contributed by atoms with Crippen molar-refractivity contribution in [3.63, 3.8) is 0 Å². The third-order valence-electron chi connectivity index (χ3n) is 9.36. The fourth-order valence-electron chi connectivity index (χ4n) is 7.31. The molecule has 0 aliphatic carbocycles. The Morgan fingerprint density at radius 2 is 0.889 bits per heavy atom. The van der Waals surface area contributed by atoms with Crippen molar-refractivity contribution in [2.45, 2.75) is 0 Å². The molecule has 8 aromatic carbocycles. The summed E-state index contributed by atoms with van der Waals surface area (Å²) >= 11 is 0. The molecular weight excluding hydrogens is 546 g/mol. The van der Waals surface area contributed by atoms with E-state index in [4.69, 9.17) is 9.97 Å². The van der Waals surface area contributed by atoms with E-state index in [0.717, 1.165) is 33.2 Å². The van der Waals surface area contributed by atoms with Crippen LogP contribution >= 0.6 is 0 Å². The normalized spacial score (nSPS) is 12.0. The minimum Gasteiger partial charge on any atom is -0.278 e. The molecule has 45 heavy (non-hydrogen) atoms. The van der Waals surface area contributed by atoms with Crippen molar-refractivity contribution in [3.8, 4) is 17.2 Å². The van der Waals surface area contributed by atoms with Crippen molar-refractivity contribution in [1.82, 2.24) is 14.5 Å². The first kappa shape index (κ1) is 24.4. The molecule has 0 saturated heterocycles. The SMILES string of the molecule is c1ccc2c(c1)ccc1cc(-c3nc(-n4c5ccc6ccccc6c5c5c6ccccc6ccc54)nc4ccccc34)ccc12. The van der Waals surface area contributed by atoms with Crippen LogP contribution in [0.4, 0.5) is 0 Å². The Morgan fingerprint density at radius 1 is 0.378 bits per heavy atom. The molecule has 0 aliphatic heterocycles. The molecule has 10 aromatic rings. The molecule has 0 aliphatic rings. The van der Waals surface area contributed by atoms with Crippen LogP contribution in [0.1, 0.15) is 0 Å². The minimum atomic E-state index is 0.674. The molecular formula is C42H25N3. The number of para-hydroxylation sites is 1. The Labute approximate surface area is 258 Å². The molecule has 0 amide bonds. The average Bonchev–Trinajstić information content (AvgIpc) is 3.46. The molecule has 2 aromatic heterocycles. The molecule has 0 unspecified atom stereocenters. The fraction of sp³-hybridized carbons (Fsp3) is 0. The van der Waals surface area contributed by atoms with Crippen LogP contribution in [0.15, 0.2) is 152 Å². The molecule has 0 spiro atoms. The lowest BCUT2D eigenvalue weighted by molar-refractivity contribution is 1.01. The van der Waals surface area contributed by atoms with Gasteiger partial charge in [-0.1, -0.05) is 127 Å². The first-order valence-electron chi connectivity index (χ1n) is 15.3. The fourth-order valence-corrected chi connectivity index (χ4v) is 7.31. The van der Waals surface area contributed by atoms with Crippen LogP contribution in [0.2, 0.25) is 0 Å². The molecule has 0 saturated carbocycles. The van der Waals surface area contributed by atoms with Gasteiger partial charge in [-0.3, -0.25) is 4.57 Å². The Kier molecular flexibility index (Phi) is 5.00. The number of hydrogen-bond donors (Lipinski definition) is 0. The van der Waals surface area contributed by atoms with E-state index in [0.29, 0.717) is 5.95 Å². The van der Waals surface area contributed by atoms with Gasteiger partial charge in [0.25, 0.3) is 0 Å². The molecule has 0 bridgehead atoms. The monoisotopic (exact) mass is 571 g/mol. The van der Waals surface area contributed by atoms with Gasteiger partial charge in [-0.15, -0.1) is 0 Å². The second kappa shape index (κ2) is 9.22. The first-order chi connectivity index (χ1) is 22.3. The summed E-state index contributed by atoms with van der Waals surface area (Å²) in [6.45, 7) is 0. The van der Waals surface area contributed by atoms with Crippen LogP contribution in [0.3, 0.4) is 0 Å². The summed E-state index contributed by atoms with van der Waals surface area (Å²) in [6, 6.07) is 54.3. The second-order valence-corrected chi connectivity index (χ2v) is 11.8. The molecule has 0 fully saturated rings. The summed E-state index contributed by atoms with van der Waals surface area (Å²) < 4.78 is 2.26. The number of nitrogens with zero attached hydrogens (tertiary/aromatic N) is 3. The predicted octanol–water partition coefficient (Wildman–Crippen LogP) is 11.0. The zero-order valence-electron chi connectivity index (χ0n) is 24.3. The summed E-state index contributed by atoms with van der Waals surface area (Å²) in [5.41, 5.74) is 5.14. The number of hydrogen-bond acceptors (Lipinski definition) is 2. The zero-order valence-corrected chi connectivity index (χ0v) is 24.3. The van der Waals surface area contributed by atoms with Crippen LogP contribution in [-0.4, -0.2) is 14.5 Å². The average molecular weight is 572 g/mol. The molecule has 0 radical (unpaired) electrons. The maximum atomic E-state index is 5.39. The highest BCUT2D eigenvalue weighted by Gasteiger charge is 2.20. The number of benzene rings is 8. The third kappa shape index (κ3) is 3.52. The van der Waals surface area contributed by atoms with Crippen LogP contribution in [0.5, 0.6) is 0 Å². The Hall–Kier alpha value is -6.06. The van der Waals surface area contributed by atoms with Gasteiger partial charge in [0.1, 0.15) is 0 Å². The molecule has 10 rings (SSSR count). The maximum absolute atomic E-state index is 5.39. The van der Waals surface area contributed by atoms with Crippen LogP contribution in [-0.2, 0) is 0 Å². The first-order valence-corrected chi connectivity index (χ1v) is 15.3. The van der Waals surface area contributed by atoms with Crippen molar-refractivity contribution < 1.29 is 0 Å². The van der Waals surface area contributed by atoms with E-state index >= 15 is 0 Å². The van der Waals surface area contributed by atoms with Crippen molar-refractivity contribution in [2.24, 2.45) is 0 Å². The summed E-state index contributed by atoms with van der Waals surface area (Å²) in [6.07, 6.45) is 0. The predicted molar refractivity (Wildman–Crippen MR) is 189 cm³/mol. The van der Waals surface area contributed by atoms with Gasteiger partial charge in [-0.05, 0) is 67.4 Å². The minimum absolute atomic E-state index is 0.674. The van der Waals surface area contributed by atoms with E-state index < -0.39 is 0 Å². The van der Waals surface area contributed by atoms with E-state index in [1.54, 1.807) is 0 Å². The van der Waals surface area contributed by atoms with Gasteiger partial charge in [0.05, 0.1) is 22.2 Å². The van der Waals surface area contributed by atoms with E-state index in [-0.39, 0.29) is 0 Å². The van der Waals surface area contributed by atoms with Gasteiger partial charge in [-0.2, -0.15) is 0 Å². The van der Waals surface area contributed by atoms with Gasteiger partial charge in [0, 0.05) is 21.7 Å². The lowest BCUT2D eigenvalue weighted by atomic mass is 9.98. The van der Waals surface area contributed by atoms with E-state index in [1.165, 1.54) is 53.9 Å². The van der Waals surface area contributed by atoms with Crippen LogP contribution < -0.4 is 0 Å². The summed E-state index contributed by atoms with van der Waals surface area (Å²) in [4.78, 5) is 10.6. The van der Waals surface area contributed by atoms with Crippen LogP contribution in [0, 0.1) is 0 Å². The topological polar surface area (TPSA) is 30.7 Å². The quantitative estimate of drug-likeness (QED) is 0.193. The molecule has 2 heterocycles. The molecule has 0 atom stereocenters. The molecule has 208 valence electrons. The molecule has 3 nitrogen and oxygen atoms in total. The summed E-state index contributed by atoms with van der Waals surface area (Å²) in [5, 5.41) is 13.4. The Balaban J connectivity index is 1.31. The standard InChI is InChI=1S/C42H25N3/c1-4-12-31-26(9-1)17-18-29-25-30(19-22-32(29)31)41-35-15-7-8-16-36(35)43-42(44-41)45-37-23-20-27-10-2-5-13-33(27)39(37)40-34-14-6-3-11-28(34)21-24-38(40)45/h1-25H. The second-order valence-electron chi connectivity index (χ2n) is 11.8. The number of fused-ring (bicyclic) bond motifs is 11. The van der Waals surface area contributed by atoms with Crippen LogP contribution in [0.25, 0.3) is 93.0 Å². The van der Waals surface area contributed by atoms with Gasteiger partial charge in [0.15, 0.2) is 0 Å². The Bertz CT molecular complexity index is 2730. The highest BCUT2D eigenvalue weighted by Crippen LogP contribution is 2.41. The van der Waals surface area contributed by atoms with Gasteiger partial charge < -0.3 is 0 Å². The smallest absolute Gasteiger partial charge is 0.235 e. The molecule has 3 heteroatoms. The van der Waals surface area contributed by atoms with Crippen molar-refractivity contribution >= 4 is 75.8 Å². The van der Waals surface area contributed by atoms with Crippen molar-refractivity contribution in [1.29, 1.82) is 0 Å². The Morgan fingerprint density at radius 3 is 1.58 bits per heavy atom. The lowest BCUT2D eigenvalue weighted by Crippen LogP contribution is -2.03. The highest BCUT2D eigenvalue weighted by atomic mass is 15.2.